The molecule has 1 aromatic rings. The number of anilines is 1. The Morgan fingerprint density at radius 3 is 2.40 bits per heavy atom. The Bertz CT molecular complexity index is 225. The van der Waals surface area contributed by atoms with E-state index >= 15 is 0 Å². The second kappa shape index (κ2) is 3.32. The predicted octanol–water partition coefficient (Wildman–Crippen LogP) is 1.70. The number of nitrogen functional groups attached to an aromatic ring is 1. The lowest BCUT2D eigenvalue weighted by atomic mass is 10.2. The fourth-order valence-corrected chi connectivity index (χ4v) is 0.660. The van der Waals surface area contributed by atoms with Gasteiger partial charge in [-0.1, -0.05) is 0 Å². The van der Waals surface area contributed by atoms with Gasteiger partial charge in [-0.15, -0.1) is 12.4 Å². The first-order valence-corrected chi connectivity index (χ1v) is 2.75. The second-order valence-electron chi connectivity index (χ2n) is 2.04. The van der Waals surface area contributed by atoms with Crippen molar-refractivity contribution < 1.29 is 5.11 Å². The van der Waals surface area contributed by atoms with Gasteiger partial charge in [-0.2, -0.15) is 0 Å². The number of benzene rings is 1. The third-order valence-corrected chi connectivity index (χ3v) is 1.25. The van der Waals surface area contributed by atoms with Crippen molar-refractivity contribution >= 4 is 18.1 Å². The van der Waals surface area contributed by atoms with Crippen LogP contribution < -0.4 is 5.73 Å². The molecule has 0 radical (unpaired) electrons. The molecule has 3 N–H and O–H groups in total. The van der Waals surface area contributed by atoms with Crippen molar-refractivity contribution in [1.82, 2.24) is 0 Å². The molecule has 0 heterocycles. The summed E-state index contributed by atoms with van der Waals surface area (Å²) < 4.78 is 0. The first kappa shape index (κ1) is 9.11. The molecule has 2 nitrogen and oxygen atoms in total. The van der Waals surface area contributed by atoms with E-state index in [9.17, 15) is 0 Å². The molecule has 0 bridgehead atoms. The van der Waals surface area contributed by atoms with E-state index in [2.05, 4.69) is 0 Å². The second-order valence-corrected chi connectivity index (χ2v) is 2.04. The Labute approximate surface area is 66.1 Å². The molecular formula is C7H10ClNO. The summed E-state index contributed by atoms with van der Waals surface area (Å²) in [6.45, 7) is 1.86. The maximum atomic E-state index is 8.88. The van der Waals surface area contributed by atoms with E-state index < -0.39 is 0 Å². The highest BCUT2D eigenvalue weighted by Gasteiger charge is 1.91. The Hall–Kier alpha value is -0.890. The molecule has 0 saturated heterocycles. The first-order valence-electron chi connectivity index (χ1n) is 2.75. The van der Waals surface area contributed by atoms with E-state index in [1.807, 2.05) is 6.92 Å². The zero-order chi connectivity index (χ0) is 6.85. The fourth-order valence-electron chi connectivity index (χ4n) is 0.660. The molecule has 1 rings (SSSR count). The van der Waals surface area contributed by atoms with Crippen LogP contribution in [0.3, 0.4) is 0 Å². The SMILES string of the molecule is Cc1cc(O)ccc1N.Cl. The molecule has 0 atom stereocenters. The number of phenolic OH excluding ortho intramolecular Hbond substituents is 1. The number of hydrogen-bond acceptors (Lipinski definition) is 2. The smallest absolute Gasteiger partial charge is 0.115 e. The van der Waals surface area contributed by atoms with Gasteiger partial charge >= 0.3 is 0 Å². The minimum atomic E-state index is 0. The lowest BCUT2D eigenvalue weighted by Crippen LogP contribution is -1.86. The molecule has 0 spiro atoms. The molecule has 0 aliphatic rings. The highest BCUT2D eigenvalue weighted by atomic mass is 35.5. The fraction of sp³-hybridized carbons (Fsp3) is 0.143. The first-order chi connectivity index (χ1) is 4.20. The Morgan fingerprint density at radius 2 is 2.00 bits per heavy atom. The molecule has 10 heavy (non-hydrogen) atoms. The quantitative estimate of drug-likeness (QED) is 0.447. The summed E-state index contributed by atoms with van der Waals surface area (Å²) in [6, 6.07) is 4.89. The summed E-state index contributed by atoms with van der Waals surface area (Å²) in [5, 5.41) is 8.88. The highest BCUT2D eigenvalue weighted by Crippen LogP contribution is 2.16. The number of aryl methyl sites for hydroxylation is 1. The van der Waals surface area contributed by atoms with Gasteiger partial charge in [-0.3, -0.25) is 0 Å². The summed E-state index contributed by atoms with van der Waals surface area (Å²) in [5.74, 6) is 0.265. The Kier molecular flexibility index (Phi) is 3.03. The molecule has 56 valence electrons. The van der Waals surface area contributed by atoms with Crippen LogP contribution in [0, 0.1) is 6.92 Å². The zero-order valence-electron chi connectivity index (χ0n) is 5.66. The van der Waals surface area contributed by atoms with Crippen molar-refractivity contribution in [1.29, 1.82) is 0 Å². The molecule has 0 amide bonds. The number of rotatable bonds is 0. The van der Waals surface area contributed by atoms with Gasteiger partial charge in [0, 0.05) is 5.69 Å². The van der Waals surface area contributed by atoms with E-state index in [1.165, 1.54) is 0 Å². The molecule has 0 saturated carbocycles. The number of phenols is 1. The van der Waals surface area contributed by atoms with Gasteiger partial charge < -0.3 is 10.8 Å². The van der Waals surface area contributed by atoms with Crippen molar-refractivity contribution in [3.05, 3.63) is 23.8 Å². The van der Waals surface area contributed by atoms with Crippen LogP contribution in [0.1, 0.15) is 5.56 Å². The molecule has 0 aliphatic heterocycles. The van der Waals surface area contributed by atoms with Crippen molar-refractivity contribution in [2.75, 3.05) is 5.73 Å². The highest BCUT2D eigenvalue weighted by molar-refractivity contribution is 5.85. The number of aromatic hydroxyl groups is 1. The van der Waals surface area contributed by atoms with Crippen LogP contribution in [0.4, 0.5) is 5.69 Å². The Morgan fingerprint density at radius 1 is 1.40 bits per heavy atom. The topological polar surface area (TPSA) is 46.2 Å². The molecule has 0 aliphatic carbocycles. The minimum absolute atomic E-state index is 0. The van der Waals surface area contributed by atoms with Gasteiger partial charge in [0.05, 0.1) is 0 Å². The molecule has 0 unspecified atom stereocenters. The predicted molar refractivity (Wildman–Crippen MR) is 44.5 cm³/mol. The monoisotopic (exact) mass is 159 g/mol. The largest absolute Gasteiger partial charge is 0.508 e. The maximum absolute atomic E-state index is 8.88. The number of halogens is 1. The normalized spacial score (nSPS) is 8.50. The molecule has 3 heteroatoms. The van der Waals surface area contributed by atoms with Gasteiger partial charge in [0.1, 0.15) is 5.75 Å². The summed E-state index contributed by atoms with van der Waals surface area (Å²) >= 11 is 0. The van der Waals surface area contributed by atoms with Crippen molar-refractivity contribution in [2.24, 2.45) is 0 Å². The average Bonchev–Trinajstić information content (AvgIpc) is 1.80. The average molecular weight is 160 g/mol. The molecule has 1 aromatic carbocycles. The van der Waals surface area contributed by atoms with Crippen LogP contribution >= 0.6 is 12.4 Å². The van der Waals surface area contributed by atoms with Crippen LogP contribution in [0.25, 0.3) is 0 Å². The van der Waals surface area contributed by atoms with Crippen LogP contribution in [-0.2, 0) is 0 Å². The van der Waals surface area contributed by atoms with Gasteiger partial charge in [0.25, 0.3) is 0 Å². The molecule has 0 fully saturated rings. The summed E-state index contributed by atoms with van der Waals surface area (Å²) in [7, 11) is 0. The third kappa shape index (κ3) is 1.81. The lowest BCUT2D eigenvalue weighted by Gasteiger charge is -1.97. The summed E-state index contributed by atoms with van der Waals surface area (Å²) in [6.07, 6.45) is 0. The van der Waals surface area contributed by atoms with Crippen LogP contribution in [0.2, 0.25) is 0 Å². The van der Waals surface area contributed by atoms with Crippen LogP contribution in [0.5, 0.6) is 5.75 Å². The summed E-state index contributed by atoms with van der Waals surface area (Å²) in [5.41, 5.74) is 7.11. The summed E-state index contributed by atoms with van der Waals surface area (Å²) in [4.78, 5) is 0. The van der Waals surface area contributed by atoms with Crippen LogP contribution in [-0.4, -0.2) is 5.11 Å². The van der Waals surface area contributed by atoms with Crippen molar-refractivity contribution in [3.8, 4) is 5.75 Å². The van der Waals surface area contributed by atoms with Crippen molar-refractivity contribution in [3.63, 3.8) is 0 Å². The van der Waals surface area contributed by atoms with E-state index in [4.69, 9.17) is 10.8 Å². The number of nitrogens with two attached hydrogens (primary N) is 1. The van der Waals surface area contributed by atoms with Gasteiger partial charge in [-0.05, 0) is 30.7 Å². The van der Waals surface area contributed by atoms with Gasteiger partial charge in [-0.25, -0.2) is 0 Å². The molecule has 0 aromatic heterocycles. The maximum Gasteiger partial charge on any atom is 0.115 e. The lowest BCUT2D eigenvalue weighted by molar-refractivity contribution is 0.475. The van der Waals surface area contributed by atoms with Crippen LogP contribution in [0.15, 0.2) is 18.2 Å². The van der Waals surface area contributed by atoms with E-state index in [1.54, 1.807) is 18.2 Å². The van der Waals surface area contributed by atoms with E-state index in [-0.39, 0.29) is 18.2 Å². The third-order valence-electron chi connectivity index (χ3n) is 1.25. The standard InChI is InChI=1S/C7H9NO.ClH/c1-5-4-6(9)2-3-7(5)8;/h2-4,9H,8H2,1H3;1H. The van der Waals surface area contributed by atoms with Crippen molar-refractivity contribution in [2.45, 2.75) is 6.92 Å². The Balaban J connectivity index is 0.000000810. The zero-order valence-corrected chi connectivity index (χ0v) is 6.48. The molecular weight excluding hydrogens is 150 g/mol. The van der Waals surface area contributed by atoms with Gasteiger partial charge in [0.2, 0.25) is 0 Å². The minimum Gasteiger partial charge on any atom is -0.508 e. The van der Waals surface area contributed by atoms with E-state index in [0.717, 1.165) is 5.56 Å². The van der Waals surface area contributed by atoms with E-state index in [0.29, 0.717) is 5.69 Å². The number of hydrogen-bond donors (Lipinski definition) is 2. The van der Waals surface area contributed by atoms with Gasteiger partial charge in [0.15, 0.2) is 0 Å².